The fraction of sp³-hybridized carbons (Fsp3) is 0.312. The van der Waals surface area contributed by atoms with E-state index >= 15 is 0 Å². The zero-order valence-electron chi connectivity index (χ0n) is 11.1. The van der Waals surface area contributed by atoms with Gasteiger partial charge in [0.25, 0.3) is 0 Å². The first-order valence-electron chi connectivity index (χ1n) is 6.38. The number of fused-ring (bicyclic) bond motifs is 1. The van der Waals surface area contributed by atoms with Gasteiger partial charge in [-0.15, -0.1) is 6.58 Å². The Hall–Kier alpha value is -1.67. The normalized spacial score (nSPS) is 12.6. The molecule has 0 spiro atoms. The summed E-state index contributed by atoms with van der Waals surface area (Å²) in [5.74, 6) is 0. The van der Waals surface area contributed by atoms with Crippen LogP contribution in [0.1, 0.15) is 31.5 Å². The molecule has 94 valence electrons. The lowest BCUT2D eigenvalue weighted by Gasteiger charge is -2.16. The lowest BCUT2D eigenvalue weighted by Crippen LogP contribution is -2.17. The first-order valence-corrected chi connectivity index (χ1v) is 6.38. The van der Waals surface area contributed by atoms with E-state index in [0.717, 1.165) is 24.1 Å². The minimum absolute atomic E-state index is 0.298. The Balaban J connectivity index is 2.24. The summed E-state index contributed by atoms with van der Waals surface area (Å²) in [7, 11) is 1.99. The van der Waals surface area contributed by atoms with Crippen LogP contribution in [0, 0.1) is 0 Å². The van der Waals surface area contributed by atoms with Crippen molar-refractivity contribution in [2.45, 2.75) is 25.8 Å². The average molecular weight is 240 g/mol. The van der Waals surface area contributed by atoms with Gasteiger partial charge in [0.2, 0.25) is 0 Å². The van der Waals surface area contributed by atoms with E-state index in [1.165, 1.54) is 11.0 Å². The van der Waals surface area contributed by atoms with Crippen LogP contribution in [0.25, 0.3) is 10.9 Å². The van der Waals surface area contributed by atoms with E-state index in [4.69, 9.17) is 4.98 Å². The number of hydrogen-bond donors (Lipinski definition) is 1. The highest BCUT2D eigenvalue weighted by Crippen LogP contribution is 2.21. The van der Waals surface area contributed by atoms with Crippen molar-refractivity contribution in [1.29, 1.82) is 0 Å². The summed E-state index contributed by atoms with van der Waals surface area (Å²) >= 11 is 0. The van der Waals surface area contributed by atoms with Gasteiger partial charge in [-0.2, -0.15) is 0 Å². The van der Waals surface area contributed by atoms with E-state index < -0.39 is 0 Å². The number of rotatable bonds is 5. The van der Waals surface area contributed by atoms with Gasteiger partial charge in [0.05, 0.1) is 11.2 Å². The summed E-state index contributed by atoms with van der Waals surface area (Å²) in [5, 5.41) is 4.53. The molecule has 18 heavy (non-hydrogen) atoms. The molecule has 0 aliphatic heterocycles. The van der Waals surface area contributed by atoms with Gasteiger partial charge in [-0.1, -0.05) is 29.8 Å². The average Bonchev–Trinajstić information content (AvgIpc) is 2.39. The zero-order valence-corrected chi connectivity index (χ0v) is 11.1. The molecule has 0 saturated heterocycles. The Morgan fingerprint density at radius 3 is 2.78 bits per heavy atom. The third-order valence-corrected chi connectivity index (χ3v) is 3.19. The van der Waals surface area contributed by atoms with Crippen LogP contribution in [0.4, 0.5) is 0 Å². The van der Waals surface area contributed by atoms with Crippen LogP contribution in [0.5, 0.6) is 0 Å². The van der Waals surface area contributed by atoms with Crippen LogP contribution >= 0.6 is 0 Å². The lowest BCUT2D eigenvalue weighted by atomic mass is 10.0. The van der Waals surface area contributed by atoms with Crippen LogP contribution in [0.15, 0.2) is 48.6 Å². The Morgan fingerprint density at radius 1 is 1.28 bits per heavy atom. The van der Waals surface area contributed by atoms with Gasteiger partial charge >= 0.3 is 0 Å². The molecule has 2 rings (SSSR count). The number of para-hydroxylation sites is 1. The number of hydrogen-bond acceptors (Lipinski definition) is 2. The van der Waals surface area contributed by atoms with Gasteiger partial charge < -0.3 is 5.32 Å². The van der Waals surface area contributed by atoms with Crippen molar-refractivity contribution in [2.75, 3.05) is 7.05 Å². The predicted octanol–water partition coefficient (Wildman–Crippen LogP) is 3.85. The van der Waals surface area contributed by atoms with Crippen LogP contribution in [-0.2, 0) is 0 Å². The molecule has 1 atom stereocenters. The smallest absolute Gasteiger partial charge is 0.0706 e. The first-order chi connectivity index (χ1) is 8.70. The summed E-state index contributed by atoms with van der Waals surface area (Å²) in [6.45, 7) is 6.03. The quantitative estimate of drug-likeness (QED) is 0.803. The van der Waals surface area contributed by atoms with Gasteiger partial charge in [-0.3, -0.25) is 4.98 Å². The molecule has 1 heterocycles. The molecule has 1 aromatic heterocycles. The second-order valence-corrected chi connectivity index (χ2v) is 4.77. The van der Waals surface area contributed by atoms with Crippen molar-refractivity contribution in [1.82, 2.24) is 10.3 Å². The number of aromatic nitrogens is 1. The molecular weight excluding hydrogens is 220 g/mol. The largest absolute Gasteiger partial charge is 0.312 e. The maximum Gasteiger partial charge on any atom is 0.0706 e. The second kappa shape index (κ2) is 5.78. The number of benzene rings is 1. The van der Waals surface area contributed by atoms with Crippen molar-refractivity contribution >= 4 is 10.9 Å². The van der Waals surface area contributed by atoms with Crippen molar-refractivity contribution in [3.8, 4) is 0 Å². The van der Waals surface area contributed by atoms with Gasteiger partial charge in [-0.05, 0) is 38.9 Å². The summed E-state index contributed by atoms with van der Waals surface area (Å²) in [5.41, 5.74) is 3.39. The fourth-order valence-electron chi connectivity index (χ4n) is 2.11. The van der Waals surface area contributed by atoms with Crippen LogP contribution in [0.3, 0.4) is 0 Å². The van der Waals surface area contributed by atoms with Crippen LogP contribution < -0.4 is 5.32 Å². The Kier molecular flexibility index (Phi) is 4.11. The minimum atomic E-state index is 0.298. The molecule has 2 nitrogen and oxygen atoms in total. The standard InChI is InChI=1S/C16H20N2/c1-12(2)8-10-15(17-3)16-11-9-13-6-4-5-7-14(13)18-16/h4-7,9,11,15,17H,1,8,10H2,2-3H3. The zero-order chi connectivity index (χ0) is 13.0. The summed E-state index contributed by atoms with van der Waals surface area (Å²) in [6.07, 6.45) is 2.07. The van der Waals surface area contributed by atoms with Gasteiger partial charge in [0, 0.05) is 11.4 Å². The van der Waals surface area contributed by atoms with E-state index in [1.807, 2.05) is 19.2 Å². The lowest BCUT2D eigenvalue weighted by molar-refractivity contribution is 0.536. The Bertz CT molecular complexity index is 546. The first kappa shape index (κ1) is 12.8. The molecule has 1 unspecified atom stereocenters. The number of pyridine rings is 1. The van der Waals surface area contributed by atoms with E-state index in [1.54, 1.807) is 0 Å². The molecule has 1 aromatic carbocycles. The van der Waals surface area contributed by atoms with E-state index in [-0.39, 0.29) is 0 Å². The van der Waals surface area contributed by atoms with Gasteiger partial charge in [0.1, 0.15) is 0 Å². The summed E-state index contributed by atoms with van der Waals surface area (Å²) < 4.78 is 0. The maximum absolute atomic E-state index is 4.73. The molecule has 0 fully saturated rings. The number of nitrogens with zero attached hydrogens (tertiary/aromatic N) is 1. The van der Waals surface area contributed by atoms with Crippen molar-refractivity contribution in [3.63, 3.8) is 0 Å². The van der Waals surface area contributed by atoms with E-state index in [9.17, 15) is 0 Å². The minimum Gasteiger partial charge on any atom is -0.312 e. The summed E-state index contributed by atoms with van der Waals surface area (Å²) in [4.78, 5) is 4.73. The molecule has 0 aliphatic rings. The van der Waals surface area contributed by atoms with Gasteiger partial charge in [0.15, 0.2) is 0 Å². The molecular formula is C16H20N2. The highest BCUT2D eigenvalue weighted by molar-refractivity contribution is 5.78. The third kappa shape index (κ3) is 2.96. The molecule has 0 amide bonds. The van der Waals surface area contributed by atoms with Crippen LogP contribution in [-0.4, -0.2) is 12.0 Å². The fourth-order valence-corrected chi connectivity index (χ4v) is 2.11. The van der Waals surface area contributed by atoms with Crippen molar-refractivity contribution < 1.29 is 0 Å². The second-order valence-electron chi connectivity index (χ2n) is 4.77. The van der Waals surface area contributed by atoms with Gasteiger partial charge in [-0.25, -0.2) is 0 Å². The Labute approximate surface area is 109 Å². The van der Waals surface area contributed by atoms with E-state index in [2.05, 4.69) is 43.1 Å². The van der Waals surface area contributed by atoms with Crippen molar-refractivity contribution in [2.24, 2.45) is 0 Å². The predicted molar refractivity (Wildman–Crippen MR) is 77.6 cm³/mol. The molecule has 0 aliphatic carbocycles. The molecule has 0 bridgehead atoms. The molecule has 2 heteroatoms. The summed E-state index contributed by atoms with van der Waals surface area (Å²) in [6, 6.07) is 12.8. The number of allylic oxidation sites excluding steroid dienone is 1. The molecule has 2 aromatic rings. The highest BCUT2D eigenvalue weighted by atomic mass is 14.9. The number of nitrogens with one attached hydrogen (secondary N) is 1. The maximum atomic E-state index is 4.73. The monoisotopic (exact) mass is 240 g/mol. The Morgan fingerprint density at radius 2 is 2.06 bits per heavy atom. The highest BCUT2D eigenvalue weighted by Gasteiger charge is 2.10. The topological polar surface area (TPSA) is 24.9 Å². The van der Waals surface area contributed by atoms with Crippen molar-refractivity contribution in [3.05, 3.63) is 54.2 Å². The van der Waals surface area contributed by atoms with Crippen LogP contribution in [0.2, 0.25) is 0 Å². The SMILES string of the molecule is C=C(C)CCC(NC)c1ccc2ccccc2n1. The molecule has 0 saturated carbocycles. The van der Waals surface area contributed by atoms with E-state index in [0.29, 0.717) is 6.04 Å². The third-order valence-electron chi connectivity index (χ3n) is 3.19. The molecule has 0 radical (unpaired) electrons. The molecule has 1 N–H and O–H groups in total.